The largest absolute Gasteiger partial charge is 0.294 e. The molecule has 104 valence electrons. The Hall–Kier alpha value is -1.20. The van der Waals surface area contributed by atoms with Gasteiger partial charge in [0.1, 0.15) is 0 Å². The molecule has 1 heterocycles. The fourth-order valence-electron chi connectivity index (χ4n) is 2.22. The van der Waals surface area contributed by atoms with Gasteiger partial charge >= 0.3 is 0 Å². The van der Waals surface area contributed by atoms with Gasteiger partial charge in [0.25, 0.3) is 0 Å². The van der Waals surface area contributed by atoms with Crippen molar-refractivity contribution in [3.05, 3.63) is 29.8 Å². The molecule has 1 aliphatic rings. The Morgan fingerprint density at radius 3 is 2.42 bits per heavy atom. The Morgan fingerprint density at radius 2 is 1.84 bits per heavy atom. The van der Waals surface area contributed by atoms with Gasteiger partial charge in [-0.15, -0.1) is 0 Å². The van der Waals surface area contributed by atoms with E-state index in [0.717, 1.165) is 12.8 Å². The second kappa shape index (κ2) is 5.43. The van der Waals surface area contributed by atoms with Crippen LogP contribution in [0.1, 0.15) is 37.0 Å². The second-order valence-corrected chi connectivity index (χ2v) is 7.10. The molecular formula is C14H19NO3S. The first-order valence-electron chi connectivity index (χ1n) is 6.57. The molecule has 1 fully saturated rings. The van der Waals surface area contributed by atoms with Crippen LogP contribution in [0.2, 0.25) is 0 Å². The standard InChI is InChI=1S/C14H19NO3S/c1-11(2)14(16)12-6-5-7-13(10-12)19(17,18)15-8-3-4-9-15/h5-7,10-11H,3-4,8-9H2,1-2H3. The van der Waals surface area contributed by atoms with Crippen molar-refractivity contribution in [3.63, 3.8) is 0 Å². The number of sulfonamides is 1. The summed E-state index contributed by atoms with van der Waals surface area (Å²) in [7, 11) is -3.44. The van der Waals surface area contributed by atoms with Crippen LogP contribution < -0.4 is 0 Å². The van der Waals surface area contributed by atoms with Crippen molar-refractivity contribution in [1.82, 2.24) is 4.31 Å². The molecule has 2 rings (SSSR count). The van der Waals surface area contributed by atoms with Gasteiger partial charge in [-0.25, -0.2) is 8.42 Å². The first-order valence-corrected chi connectivity index (χ1v) is 8.01. The topological polar surface area (TPSA) is 54.5 Å². The smallest absolute Gasteiger partial charge is 0.243 e. The van der Waals surface area contributed by atoms with E-state index in [0.29, 0.717) is 18.7 Å². The van der Waals surface area contributed by atoms with Crippen LogP contribution in [0.3, 0.4) is 0 Å². The molecular weight excluding hydrogens is 262 g/mol. The van der Waals surface area contributed by atoms with Gasteiger partial charge < -0.3 is 0 Å². The Labute approximate surface area is 114 Å². The van der Waals surface area contributed by atoms with Crippen molar-refractivity contribution in [1.29, 1.82) is 0 Å². The third kappa shape index (κ3) is 2.87. The molecule has 0 unspecified atom stereocenters. The molecule has 4 nitrogen and oxygen atoms in total. The van der Waals surface area contributed by atoms with Crippen LogP contribution in [0.25, 0.3) is 0 Å². The number of benzene rings is 1. The van der Waals surface area contributed by atoms with Gasteiger partial charge in [-0.3, -0.25) is 4.79 Å². The quantitative estimate of drug-likeness (QED) is 0.796. The lowest BCUT2D eigenvalue weighted by atomic mass is 10.0. The van der Waals surface area contributed by atoms with E-state index in [1.54, 1.807) is 18.2 Å². The minimum Gasteiger partial charge on any atom is -0.294 e. The number of rotatable bonds is 4. The maximum Gasteiger partial charge on any atom is 0.243 e. The highest BCUT2D eigenvalue weighted by Gasteiger charge is 2.27. The van der Waals surface area contributed by atoms with Crippen LogP contribution in [0.5, 0.6) is 0 Å². The van der Waals surface area contributed by atoms with E-state index < -0.39 is 10.0 Å². The van der Waals surface area contributed by atoms with Crippen molar-refractivity contribution >= 4 is 15.8 Å². The predicted molar refractivity (Wildman–Crippen MR) is 73.6 cm³/mol. The number of ketones is 1. The zero-order valence-electron chi connectivity index (χ0n) is 11.3. The molecule has 0 aliphatic carbocycles. The highest BCUT2D eigenvalue weighted by atomic mass is 32.2. The number of Topliss-reactive ketones (excluding diaryl/α,β-unsaturated/α-hetero) is 1. The molecule has 0 bridgehead atoms. The average Bonchev–Trinajstić information content (AvgIpc) is 2.92. The third-order valence-electron chi connectivity index (χ3n) is 3.35. The van der Waals surface area contributed by atoms with Crippen LogP contribution in [0.4, 0.5) is 0 Å². The molecule has 1 saturated heterocycles. The fraction of sp³-hybridized carbons (Fsp3) is 0.500. The molecule has 1 aromatic rings. The number of carbonyl (C=O) groups is 1. The van der Waals surface area contributed by atoms with Crippen molar-refractivity contribution in [2.75, 3.05) is 13.1 Å². The first-order chi connectivity index (χ1) is 8.93. The summed E-state index contributed by atoms with van der Waals surface area (Å²) in [5.74, 6) is -0.164. The molecule has 19 heavy (non-hydrogen) atoms. The SMILES string of the molecule is CC(C)C(=O)c1cccc(S(=O)(=O)N2CCCC2)c1. The van der Waals surface area contributed by atoms with Crippen LogP contribution in [0.15, 0.2) is 29.2 Å². The van der Waals surface area contributed by atoms with Crippen LogP contribution in [0, 0.1) is 5.92 Å². The van der Waals surface area contributed by atoms with Gasteiger partial charge in [0.15, 0.2) is 5.78 Å². The van der Waals surface area contributed by atoms with Gasteiger partial charge in [-0.2, -0.15) is 4.31 Å². The van der Waals surface area contributed by atoms with E-state index in [-0.39, 0.29) is 16.6 Å². The van der Waals surface area contributed by atoms with E-state index >= 15 is 0 Å². The molecule has 0 aromatic heterocycles. The number of hydrogen-bond donors (Lipinski definition) is 0. The number of hydrogen-bond acceptors (Lipinski definition) is 3. The highest BCUT2D eigenvalue weighted by molar-refractivity contribution is 7.89. The van der Waals surface area contributed by atoms with Crippen molar-refractivity contribution < 1.29 is 13.2 Å². The molecule has 1 aromatic carbocycles. The zero-order valence-corrected chi connectivity index (χ0v) is 12.1. The van der Waals surface area contributed by atoms with Crippen molar-refractivity contribution in [2.24, 2.45) is 5.92 Å². The summed E-state index contributed by atoms with van der Waals surface area (Å²) in [6, 6.07) is 6.37. The van der Waals surface area contributed by atoms with E-state index in [1.807, 2.05) is 13.8 Å². The third-order valence-corrected chi connectivity index (χ3v) is 5.24. The summed E-state index contributed by atoms with van der Waals surface area (Å²) in [5.41, 5.74) is 0.468. The average molecular weight is 281 g/mol. The monoisotopic (exact) mass is 281 g/mol. The van der Waals surface area contributed by atoms with Gasteiger partial charge in [-0.05, 0) is 25.0 Å². The molecule has 1 aliphatic heterocycles. The number of carbonyl (C=O) groups excluding carboxylic acids is 1. The minimum atomic E-state index is -3.44. The van der Waals surface area contributed by atoms with Crippen LogP contribution in [-0.4, -0.2) is 31.6 Å². The summed E-state index contributed by atoms with van der Waals surface area (Å²) < 4.78 is 26.3. The van der Waals surface area contributed by atoms with Gasteiger partial charge in [-0.1, -0.05) is 26.0 Å². The van der Waals surface area contributed by atoms with E-state index in [9.17, 15) is 13.2 Å². The summed E-state index contributed by atoms with van der Waals surface area (Å²) >= 11 is 0. The second-order valence-electron chi connectivity index (χ2n) is 5.16. The predicted octanol–water partition coefficient (Wildman–Crippen LogP) is 2.31. The Balaban J connectivity index is 2.35. The van der Waals surface area contributed by atoms with E-state index in [2.05, 4.69) is 0 Å². The van der Waals surface area contributed by atoms with Crippen LogP contribution in [-0.2, 0) is 10.0 Å². The number of nitrogens with zero attached hydrogens (tertiary/aromatic N) is 1. The van der Waals surface area contributed by atoms with Gasteiger partial charge in [0, 0.05) is 24.6 Å². The maximum absolute atomic E-state index is 12.4. The first kappa shape index (κ1) is 14.2. The van der Waals surface area contributed by atoms with E-state index in [1.165, 1.54) is 10.4 Å². The lowest BCUT2D eigenvalue weighted by molar-refractivity contribution is 0.0939. The highest BCUT2D eigenvalue weighted by Crippen LogP contribution is 2.22. The normalized spacial score (nSPS) is 17.0. The molecule has 0 N–H and O–H groups in total. The molecule has 0 radical (unpaired) electrons. The lowest BCUT2D eigenvalue weighted by Crippen LogP contribution is -2.28. The summed E-state index contributed by atoms with van der Waals surface area (Å²) in [6.45, 7) is 4.77. The summed E-state index contributed by atoms with van der Waals surface area (Å²) in [5, 5.41) is 0. The van der Waals surface area contributed by atoms with Crippen molar-refractivity contribution in [3.8, 4) is 0 Å². The fourth-order valence-corrected chi connectivity index (χ4v) is 3.78. The van der Waals surface area contributed by atoms with Gasteiger partial charge in [0.05, 0.1) is 4.90 Å². The van der Waals surface area contributed by atoms with E-state index in [4.69, 9.17) is 0 Å². The maximum atomic E-state index is 12.4. The molecule has 5 heteroatoms. The summed E-state index contributed by atoms with van der Waals surface area (Å²) in [6.07, 6.45) is 1.81. The lowest BCUT2D eigenvalue weighted by Gasteiger charge is -2.16. The summed E-state index contributed by atoms with van der Waals surface area (Å²) in [4.78, 5) is 12.2. The molecule has 0 amide bonds. The van der Waals surface area contributed by atoms with Crippen LogP contribution >= 0.6 is 0 Å². The zero-order chi connectivity index (χ0) is 14.0. The molecule has 0 atom stereocenters. The minimum absolute atomic E-state index is 0.0292. The van der Waals surface area contributed by atoms with Gasteiger partial charge in [0.2, 0.25) is 10.0 Å². The Morgan fingerprint density at radius 1 is 1.21 bits per heavy atom. The Kier molecular flexibility index (Phi) is 4.06. The molecule has 0 saturated carbocycles. The van der Waals surface area contributed by atoms with Crippen molar-refractivity contribution in [2.45, 2.75) is 31.6 Å². The Bertz CT molecular complexity index is 572. The molecule has 0 spiro atoms.